The monoisotopic (exact) mass is 406 g/mol. The first kappa shape index (κ1) is 19.0. The van der Waals surface area contributed by atoms with Crippen molar-refractivity contribution in [2.45, 2.75) is 9.79 Å². The fourth-order valence-corrected chi connectivity index (χ4v) is 6.02. The van der Waals surface area contributed by atoms with Crippen LogP contribution in [0.2, 0.25) is 10.0 Å². The summed E-state index contributed by atoms with van der Waals surface area (Å²) >= 11 is 14.7. The summed E-state index contributed by atoms with van der Waals surface area (Å²) in [5, 5.41) is 1.36. The molecule has 0 N–H and O–H groups in total. The molecule has 0 bridgehead atoms. The second-order valence-corrected chi connectivity index (χ2v) is 10.3. The summed E-state index contributed by atoms with van der Waals surface area (Å²) in [4.78, 5) is 2.06. The zero-order chi connectivity index (χ0) is 16.7. The van der Waals surface area contributed by atoms with Crippen molar-refractivity contribution in [1.29, 1.82) is 0 Å². The topological polar surface area (TPSA) is 34.1 Å². The van der Waals surface area contributed by atoms with Crippen molar-refractivity contribution in [2.75, 3.05) is 23.0 Å². The van der Waals surface area contributed by atoms with Crippen molar-refractivity contribution in [3.63, 3.8) is 0 Å². The van der Waals surface area contributed by atoms with Crippen molar-refractivity contribution in [3.05, 3.63) is 58.6 Å². The summed E-state index contributed by atoms with van der Waals surface area (Å²) in [7, 11) is -3.03. The summed E-state index contributed by atoms with van der Waals surface area (Å²) < 4.78 is 24.1. The van der Waals surface area contributed by atoms with E-state index in [4.69, 9.17) is 23.2 Å². The van der Waals surface area contributed by atoms with Crippen LogP contribution in [-0.2, 0) is 9.84 Å². The lowest BCUT2D eigenvalue weighted by atomic mass is 10.4. The molecule has 2 aromatic carbocycles. The number of benzene rings is 2. The van der Waals surface area contributed by atoms with Gasteiger partial charge in [-0.1, -0.05) is 23.2 Å². The number of hydrogen-bond donors (Lipinski definition) is 0. The van der Waals surface area contributed by atoms with Gasteiger partial charge in [0.05, 0.1) is 11.5 Å². The van der Waals surface area contributed by atoms with E-state index in [1.165, 1.54) is 23.5 Å². The molecule has 0 aliphatic heterocycles. The molecule has 0 aliphatic rings. The Bertz CT molecular complexity index is 656. The molecule has 0 spiro atoms. The van der Waals surface area contributed by atoms with Crippen LogP contribution in [0.25, 0.3) is 0 Å². The van der Waals surface area contributed by atoms with Crippen molar-refractivity contribution >= 4 is 56.6 Å². The largest absolute Gasteiger partial charge is 0.229 e. The molecule has 124 valence electrons. The molecular formula is C16H16Cl2O2S3. The zero-order valence-corrected chi connectivity index (χ0v) is 16.2. The maximum atomic E-state index is 12.1. The van der Waals surface area contributed by atoms with Gasteiger partial charge in [-0.05, 0) is 48.5 Å². The van der Waals surface area contributed by atoms with E-state index in [2.05, 4.69) is 0 Å². The second kappa shape index (κ2) is 9.23. The van der Waals surface area contributed by atoms with E-state index in [0.717, 1.165) is 9.79 Å². The van der Waals surface area contributed by atoms with E-state index in [0.29, 0.717) is 21.6 Å². The predicted octanol–water partition coefficient (Wildman–Crippen LogP) is 5.29. The van der Waals surface area contributed by atoms with Crippen LogP contribution in [-0.4, -0.2) is 31.4 Å². The first-order chi connectivity index (χ1) is 10.9. The summed E-state index contributed by atoms with van der Waals surface area (Å²) in [5.41, 5.74) is 0. The highest BCUT2D eigenvalue weighted by Crippen LogP contribution is 2.22. The van der Waals surface area contributed by atoms with Crippen LogP contribution in [0.15, 0.2) is 58.3 Å². The minimum absolute atomic E-state index is 0.182. The summed E-state index contributed by atoms with van der Waals surface area (Å²) in [5.74, 6) is 1.47. The lowest BCUT2D eigenvalue weighted by molar-refractivity contribution is 0.599. The Labute approximate surface area is 155 Å². The van der Waals surface area contributed by atoms with E-state index in [-0.39, 0.29) is 11.5 Å². The lowest BCUT2D eigenvalue weighted by Crippen LogP contribution is -2.14. The SMILES string of the molecule is O=S(=O)(CCSc1ccc(Cl)cc1)CCSc1ccc(Cl)cc1. The zero-order valence-electron chi connectivity index (χ0n) is 12.2. The quantitative estimate of drug-likeness (QED) is 0.557. The second-order valence-electron chi connectivity index (χ2n) is 4.76. The first-order valence-corrected chi connectivity index (χ1v) is 11.5. The molecule has 0 heterocycles. The van der Waals surface area contributed by atoms with E-state index in [1.807, 2.05) is 24.3 Å². The molecule has 0 aromatic heterocycles. The van der Waals surface area contributed by atoms with Gasteiger partial charge in [0.1, 0.15) is 0 Å². The number of halogens is 2. The first-order valence-electron chi connectivity index (χ1n) is 6.92. The fraction of sp³-hybridized carbons (Fsp3) is 0.250. The minimum atomic E-state index is -3.03. The van der Waals surface area contributed by atoms with Crippen LogP contribution < -0.4 is 0 Å². The molecule has 0 saturated carbocycles. The molecule has 0 aliphatic carbocycles. The summed E-state index contributed by atoms with van der Waals surface area (Å²) in [6, 6.07) is 14.8. The molecular weight excluding hydrogens is 391 g/mol. The summed E-state index contributed by atoms with van der Waals surface area (Å²) in [6.45, 7) is 0. The Morgan fingerprint density at radius 2 is 1.04 bits per heavy atom. The van der Waals surface area contributed by atoms with E-state index in [9.17, 15) is 8.42 Å². The molecule has 2 aromatic rings. The Morgan fingerprint density at radius 1 is 0.696 bits per heavy atom. The number of rotatable bonds is 8. The molecule has 0 amide bonds. The smallest absolute Gasteiger partial charge is 0.151 e. The van der Waals surface area contributed by atoms with Gasteiger partial charge in [0.25, 0.3) is 0 Å². The van der Waals surface area contributed by atoms with Crippen LogP contribution in [0, 0.1) is 0 Å². The maximum Gasteiger partial charge on any atom is 0.151 e. The summed E-state index contributed by atoms with van der Waals surface area (Å²) in [6.07, 6.45) is 0. The van der Waals surface area contributed by atoms with Gasteiger partial charge in [0.15, 0.2) is 9.84 Å². The van der Waals surface area contributed by atoms with Crippen LogP contribution in [0.5, 0.6) is 0 Å². The van der Waals surface area contributed by atoms with Gasteiger partial charge < -0.3 is 0 Å². The van der Waals surface area contributed by atoms with Gasteiger partial charge in [0, 0.05) is 31.3 Å². The number of sulfone groups is 1. The molecule has 0 unspecified atom stereocenters. The molecule has 0 saturated heterocycles. The third-order valence-corrected chi connectivity index (χ3v) is 7.65. The fourth-order valence-electron chi connectivity index (χ4n) is 1.74. The van der Waals surface area contributed by atoms with Gasteiger partial charge in [-0.25, -0.2) is 8.42 Å². The van der Waals surface area contributed by atoms with Crippen molar-refractivity contribution in [1.82, 2.24) is 0 Å². The number of hydrogen-bond acceptors (Lipinski definition) is 4. The highest BCUT2D eigenvalue weighted by Gasteiger charge is 2.11. The van der Waals surface area contributed by atoms with Crippen LogP contribution in [0.4, 0.5) is 0 Å². The van der Waals surface area contributed by atoms with Gasteiger partial charge in [-0.2, -0.15) is 0 Å². The van der Waals surface area contributed by atoms with Gasteiger partial charge in [-0.3, -0.25) is 0 Å². The minimum Gasteiger partial charge on any atom is -0.229 e. The van der Waals surface area contributed by atoms with Crippen molar-refractivity contribution < 1.29 is 8.42 Å². The Kier molecular flexibility index (Phi) is 7.63. The molecule has 2 nitrogen and oxygen atoms in total. The third-order valence-electron chi connectivity index (χ3n) is 2.95. The van der Waals surface area contributed by atoms with E-state index in [1.54, 1.807) is 24.3 Å². The molecule has 0 fully saturated rings. The van der Waals surface area contributed by atoms with E-state index >= 15 is 0 Å². The highest BCUT2D eigenvalue weighted by molar-refractivity contribution is 8.02. The molecule has 0 radical (unpaired) electrons. The standard InChI is InChI=1S/C16H16Cl2O2S3/c17-13-1-5-15(6-2-13)21-9-11-23(19,20)12-10-22-16-7-3-14(18)4-8-16/h1-8H,9-12H2. The number of thioether (sulfide) groups is 2. The van der Waals surface area contributed by atoms with Crippen molar-refractivity contribution in [2.24, 2.45) is 0 Å². The maximum absolute atomic E-state index is 12.1. The van der Waals surface area contributed by atoms with Gasteiger partial charge >= 0.3 is 0 Å². The van der Waals surface area contributed by atoms with Gasteiger partial charge in [0.2, 0.25) is 0 Å². The van der Waals surface area contributed by atoms with Crippen LogP contribution in [0.1, 0.15) is 0 Å². The van der Waals surface area contributed by atoms with Crippen LogP contribution in [0.3, 0.4) is 0 Å². The van der Waals surface area contributed by atoms with Crippen molar-refractivity contribution in [3.8, 4) is 0 Å². The Morgan fingerprint density at radius 3 is 1.39 bits per heavy atom. The lowest BCUT2D eigenvalue weighted by Gasteiger charge is -2.05. The Balaban J connectivity index is 1.71. The molecule has 2 rings (SSSR count). The predicted molar refractivity (Wildman–Crippen MR) is 103 cm³/mol. The Hall–Kier alpha value is -0.330. The normalized spacial score (nSPS) is 11.6. The third kappa shape index (κ3) is 7.40. The van der Waals surface area contributed by atoms with E-state index < -0.39 is 9.84 Å². The van der Waals surface area contributed by atoms with Crippen LogP contribution >= 0.6 is 46.7 Å². The average Bonchev–Trinajstić information content (AvgIpc) is 2.51. The molecule has 7 heteroatoms. The molecule has 0 atom stereocenters. The highest BCUT2D eigenvalue weighted by atomic mass is 35.5. The van der Waals surface area contributed by atoms with Gasteiger partial charge in [-0.15, -0.1) is 23.5 Å². The average molecular weight is 407 g/mol. The molecule has 23 heavy (non-hydrogen) atoms.